The zero-order chi connectivity index (χ0) is 18.8. The predicted molar refractivity (Wildman–Crippen MR) is 110 cm³/mol. The smallest absolute Gasteiger partial charge is 0.275 e. The van der Waals surface area contributed by atoms with Crippen molar-refractivity contribution in [3.05, 3.63) is 46.9 Å². The average Bonchev–Trinajstić information content (AvgIpc) is 3.33. The van der Waals surface area contributed by atoms with E-state index in [2.05, 4.69) is 34.0 Å². The predicted octanol–water partition coefficient (Wildman–Crippen LogP) is 4.13. The van der Waals surface area contributed by atoms with Crippen LogP contribution in [-0.2, 0) is 4.74 Å². The van der Waals surface area contributed by atoms with Crippen molar-refractivity contribution in [3.63, 3.8) is 0 Å². The minimum Gasteiger partial charge on any atom is -0.372 e. The fourth-order valence-corrected chi connectivity index (χ4v) is 4.71. The van der Waals surface area contributed by atoms with E-state index in [0.717, 1.165) is 28.8 Å². The maximum Gasteiger partial charge on any atom is 0.275 e. The van der Waals surface area contributed by atoms with Gasteiger partial charge in [-0.15, -0.1) is 22.7 Å². The van der Waals surface area contributed by atoms with Gasteiger partial charge in [0.05, 0.1) is 29.0 Å². The molecule has 140 valence electrons. The quantitative estimate of drug-likeness (QED) is 0.713. The van der Waals surface area contributed by atoms with Crippen molar-refractivity contribution >= 4 is 40.1 Å². The maximum atomic E-state index is 12.5. The molecule has 1 N–H and O–H groups in total. The van der Waals surface area contributed by atoms with E-state index >= 15 is 0 Å². The lowest BCUT2D eigenvalue weighted by Crippen LogP contribution is -2.45. The zero-order valence-electron chi connectivity index (χ0n) is 15.1. The molecule has 1 fully saturated rings. The lowest BCUT2D eigenvalue weighted by molar-refractivity contribution is -0.00545. The molecule has 27 heavy (non-hydrogen) atoms. The number of nitrogens with one attached hydrogen (secondary N) is 1. The van der Waals surface area contributed by atoms with Crippen molar-refractivity contribution in [1.29, 1.82) is 0 Å². The topological polar surface area (TPSA) is 67.4 Å². The van der Waals surface area contributed by atoms with Gasteiger partial charge in [-0.3, -0.25) is 4.79 Å². The van der Waals surface area contributed by atoms with Crippen LogP contribution in [0.4, 0.5) is 11.5 Å². The van der Waals surface area contributed by atoms with Crippen molar-refractivity contribution in [3.8, 4) is 9.88 Å². The number of amides is 1. The number of ether oxygens (including phenoxy) is 1. The van der Waals surface area contributed by atoms with Gasteiger partial charge in [-0.05, 0) is 37.4 Å². The first-order chi connectivity index (χ1) is 13.1. The number of carbonyl (C=O) groups excluding carboxylic acids is 1. The Morgan fingerprint density at radius 2 is 2.04 bits per heavy atom. The standard InChI is InChI=1S/C19H20N4O2S2/c1-12-9-23(10-13(2)25-12)17-6-5-14(8-20-17)21-18(24)15-11-27-19(22-15)16-4-3-7-26-16/h3-8,11-13H,9-10H2,1-2H3,(H,21,24)/t12-,13-/m1/s1. The SMILES string of the molecule is C[C@@H]1CN(c2ccc(NC(=O)c3csc(-c4cccs4)n3)cn2)C[C@@H](C)O1. The van der Waals surface area contributed by atoms with Crippen LogP contribution >= 0.6 is 22.7 Å². The molecule has 1 aliphatic heterocycles. The van der Waals surface area contributed by atoms with Crippen LogP contribution in [0.2, 0.25) is 0 Å². The number of rotatable bonds is 4. The highest BCUT2D eigenvalue weighted by molar-refractivity contribution is 7.20. The van der Waals surface area contributed by atoms with Crippen LogP contribution in [0.1, 0.15) is 24.3 Å². The summed E-state index contributed by atoms with van der Waals surface area (Å²) in [7, 11) is 0. The van der Waals surface area contributed by atoms with E-state index in [1.807, 2.05) is 29.6 Å². The number of nitrogens with zero attached hydrogens (tertiary/aromatic N) is 3. The fourth-order valence-electron chi connectivity index (χ4n) is 3.10. The summed E-state index contributed by atoms with van der Waals surface area (Å²) in [5.74, 6) is 0.667. The van der Waals surface area contributed by atoms with Gasteiger partial charge in [-0.1, -0.05) is 6.07 Å². The molecule has 0 saturated carbocycles. The number of morpholine rings is 1. The number of anilines is 2. The Hall–Kier alpha value is -2.29. The second kappa shape index (κ2) is 7.75. The van der Waals surface area contributed by atoms with E-state index in [1.165, 1.54) is 11.3 Å². The molecule has 0 aromatic carbocycles. The summed E-state index contributed by atoms with van der Waals surface area (Å²) in [5.41, 5.74) is 1.08. The van der Waals surface area contributed by atoms with Crippen LogP contribution in [0.25, 0.3) is 9.88 Å². The minimum absolute atomic E-state index is 0.178. The van der Waals surface area contributed by atoms with Gasteiger partial charge in [0.25, 0.3) is 5.91 Å². The van der Waals surface area contributed by atoms with Crippen LogP contribution in [0.3, 0.4) is 0 Å². The van der Waals surface area contributed by atoms with Crippen molar-refractivity contribution in [2.45, 2.75) is 26.1 Å². The van der Waals surface area contributed by atoms with Crippen LogP contribution in [-0.4, -0.2) is 41.2 Å². The highest BCUT2D eigenvalue weighted by Gasteiger charge is 2.23. The van der Waals surface area contributed by atoms with Gasteiger partial charge in [0, 0.05) is 18.5 Å². The maximum absolute atomic E-state index is 12.5. The van der Waals surface area contributed by atoms with Gasteiger partial charge >= 0.3 is 0 Å². The number of aromatic nitrogens is 2. The molecule has 3 aromatic rings. The molecular formula is C19H20N4O2S2. The fraction of sp³-hybridized carbons (Fsp3) is 0.316. The first kappa shape index (κ1) is 18.1. The third kappa shape index (κ3) is 4.18. The second-order valence-electron chi connectivity index (χ2n) is 6.54. The van der Waals surface area contributed by atoms with E-state index in [4.69, 9.17) is 4.74 Å². The number of hydrogen-bond acceptors (Lipinski definition) is 7. The first-order valence-electron chi connectivity index (χ1n) is 8.75. The zero-order valence-corrected chi connectivity index (χ0v) is 16.7. The van der Waals surface area contributed by atoms with Crippen LogP contribution in [0, 0.1) is 0 Å². The summed E-state index contributed by atoms with van der Waals surface area (Å²) < 4.78 is 5.76. The molecule has 1 saturated heterocycles. The first-order valence-corrected chi connectivity index (χ1v) is 10.5. The van der Waals surface area contributed by atoms with E-state index in [-0.39, 0.29) is 18.1 Å². The highest BCUT2D eigenvalue weighted by atomic mass is 32.1. The summed E-state index contributed by atoms with van der Waals surface area (Å²) in [6.07, 6.45) is 2.04. The summed E-state index contributed by atoms with van der Waals surface area (Å²) >= 11 is 3.09. The molecule has 8 heteroatoms. The average molecular weight is 401 g/mol. The van der Waals surface area contributed by atoms with E-state index < -0.39 is 0 Å². The molecule has 3 aromatic heterocycles. The van der Waals surface area contributed by atoms with Crippen LogP contribution in [0.5, 0.6) is 0 Å². The van der Waals surface area contributed by atoms with E-state index in [1.54, 1.807) is 22.9 Å². The molecule has 1 aliphatic rings. The number of hydrogen-bond donors (Lipinski definition) is 1. The summed E-state index contributed by atoms with van der Waals surface area (Å²) in [6.45, 7) is 5.76. The third-order valence-corrected chi connectivity index (χ3v) is 6.10. The minimum atomic E-state index is -0.225. The summed E-state index contributed by atoms with van der Waals surface area (Å²) in [5, 5.41) is 7.51. The van der Waals surface area contributed by atoms with Gasteiger partial charge in [-0.2, -0.15) is 0 Å². The largest absolute Gasteiger partial charge is 0.372 e. The molecule has 0 radical (unpaired) electrons. The Labute approximate surface area is 165 Å². The molecule has 0 aliphatic carbocycles. The van der Waals surface area contributed by atoms with Gasteiger partial charge in [0.1, 0.15) is 16.5 Å². The van der Waals surface area contributed by atoms with Gasteiger partial charge in [-0.25, -0.2) is 9.97 Å². The molecule has 4 heterocycles. The van der Waals surface area contributed by atoms with Crippen molar-refractivity contribution in [2.24, 2.45) is 0 Å². The van der Waals surface area contributed by atoms with Gasteiger partial charge in [0.15, 0.2) is 0 Å². The lowest BCUT2D eigenvalue weighted by atomic mass is 10.2. The van der Waals surface area contributed by atoms with Crippen LogP contribution in [0.15, 0.2) is 41.2 Å². The Morgan fingerprint density at radius 3 is 2.70 bits per heavy atom. The molecule has 0 bridgehead atoms. The normalized spacial score (nSPS) is 19.9. The van der Waals surface area contributed by atoms with Gasteiger partial charge < -0.3 is 15.0 Å². The number of thiophene rings is 1. The number of carbonyl (C=O) groups is 1. The molecule has 6 nitrogen and oxygen atoms in total. The highest BCUT2D eigenvalue weighted by Crippen LogP contribution is 2.28. The molecule has 1 amide bonds. The monoisotopic (exact) mass is 400 g/mol. The summed E-state index contributed by atoms with van der Waals surface area (Å²) in [6, 6.07) is 7.78. The summed E-state index contributed by atoms with van der Waals surface area (Å²) in [4.78, 5) is 24.7. The Morgan fingerprint density at radius 1 is 1.22 bits per heavy atom. The van der Waals surface area contributed by atoms with Crippen molar-refractivity contribution < 1.29 is 9.53 Å². The van der Waals surface area contributed by atoms with Gasteiger partial charge in [0.2, 0.25) is 0 Å². The number of thiazole rings is 1. The second-order valence-corrected chi connectivity index (χ2v) is 8.34. The van der Waals surface area contributed by atoms with E-state index in [0.29, 0.717) is 11.4 Å². The molecule has 0 spiro atoms. The molecular weight excluding hydrogens is 380 g/mol. The van der Waals surface area contributed by atoms with Crippen LogP contribution < -0.4 is 10.2 Å². The van der Waals surface area contributed by atoms with E-state index in [9.17, 15) is 4.79 Å². The lowest BCUT2D eigenvalue weighted by Gasteiger charge is -2.36. The Kier molecular flexibility index (Phi) is 5.20. The molecule has 4 rings (SSSR count). The molecule has 2 atom stereocenters. The number of pyridine rings is 1. The van der Waals surface area contributed by atoms with Crippen molar-refractivity contribution in [1.82, 2.24) is 9.97 Å². The molecule has 0 unspecified atom stereocenters. The third-order valence-electron chi connectivity index (χ3n) is 4.22. The Bertz CT molecular complexity index is 898. The Balaban J connectivity index is 1.42. The van der Waals surface area contributed by atoms with Crippen molar-refractivity contribution in [2.75, 3.05) is 23.3 Å².